The summed E-state index contributed by atoms with van der Waals surface area (Å²) in [6.45, 7) is 9.98. The number of aromatic nitrogens is 2. The second-order valence-electron chi connectivity index (χ2n) is 5.95. The van der Waals surface area contributed by atoms with Crippen molar-refractivity contribution >= 4 is 34.7 Å². The molecule has 0 aliphatic heterocycles. The van der Waals surface area contributed by atoms with Gasteiger partial charge < -0.3 is 4.98 Å². The van der Waals surface area contributed by atoms with Gasteiger partial charge in [0.1, 0.15) is 11.6 Å². The highest BCUT2D eigenvalue weighted by atomic mass is 32.2. The van der Waals surface area contributed by atoms with Crippen molar-refractivity contribution < 1.29 is 4.39 Å². The zero-order valence-corrected chi connectivity index (χ0v) is 17.8. The Morgan fingerprint density at radius 1 is 1.22 bits per heavy atom. The number of halogens is 1. The van der Waals surface area contributed by atoms with Crippen molar-refractivity contribution in [3.63, 3.8) is 0 Å². The van der Waals surface area contributed by atoms with Crippen LogP contribution >= 0.6 is 23.5 Å². The molecular weight excluding hydrogens is 375 g/mol. The minimum Gasteiger partial charge on any atom is -0.338 e. The van der Waals surface area contributed by atoms with Gasteiger partial charge in [-0.25, -0.2) is 9.37 Å². The Labute approximate surface area is 169 Å². The fraction of sp³-hybridized carbons (Fsp3) is 0.227. The van der Waals surface area contributed by atoms with E-state index in [1.165, 1.54) is 28.8 Å². The third-order valence-electron chi connectivity index (χ3n) is 4.09. The lowest BCUT2D eigenvalue weighted by Crippen LogP contribution is -1.87. The topological polar surface area (TPSA) is 28.7 Å². The van der Waals surface area contributed by atoms with Crippen molar-refractivity contribution in [2.45, 2.75) is 27.2 Å². The van der Waals surface area contributed by atoms with E-state index in [0.29, 0.717) is 0 Å². The Balaban J connectivity index is 2.58. The van der Waals surface area contributed by atoms with Gasteiger partial charge in [0, 0.05) is 11.1 Å². The van der Waals surface area contributed by atoms with Crippen molar-refractivity contribution in [3.8, 4) is 11.3 Å². The van der Waals surface area contributed by atoms with Gasteiger partial charge in [0.2, 0.25) is 0 Å². The number of imidazole rings is 1. The molecule has 142 valence electrons. The van der Waals surface area contributed by atoms with Gasteiger partial charge >= 0.3 is 0 Å². The van der Waals surface area contributed by atoms with Gasteiger partial charge in [-0.2, -0.15) is 0 Å². The van der Waals surface area contributed by atoms with Crippen LogP contribution in [0.15, 0.2) is 58.7 Å². The van der Waals surface area contributed by atoms with E-state index in [0.717, 1.165) is 40.3 Å². The number of aromatic amines is 1. The first-order valence-electron chi connectivity index (χ1n) is 8.71. The summed E-state index contributed by atoms with van der Waals surface area (Å²) in [5, 5.41) is 3.85. The smallest absolute Gasteiger partial charge is 0.134 e. The first-order chi connectivity index (χ1) is 13.0. The van der Waals surface area contributed by atoms with E-state index in [1.807, 2.05) is 6.92 Å². The van der Waals surface area contributed by atoms with Gasteiger partial charge in [0.05, 0.1) is 11.4 Å². The number of nitrogens with zero attached hydrogens (tertiary/aromatic N) is 1. The van der Waals surface area contributed by atoms with Crippen LogP contribution in [0, 0.1) is 5.82 Å². The van der Waals surface area contributed by atoms with E-state index in [-0.39, 0.29) is 5.82 Å². The van der Waals surface area contributed by atoms with Crippen LogP contribution in [-0.2, 0) is 0 Å². The fourth-order valence-electron chi connectivity index (χ4n) is 2.46. The lowest BCUT2D eigenvalue weighted by Gasteiger charge is -2.03. The maximum Gasteiger partial charge on any atom is 0.134 e. The Morgan fingerprint density at radius 2 is 1.93 bits per heavy atom. The first kappa shape index (κ1) is 21.3. The normalized spacial score (nSPS) is 13.1. The molecule has 0 atom stereocenters. The maximum atomic E-state index is 13.4. The third kappa shape index (κ3) is 5.75. The lowest BCUT2D eigenvalue weighted by atomic mass is 10.1. The monoisotopic (exact) mass is 400 g/mol. The molecule has 2 aromatic rings. The highest BCUT2D eigenvalue weighted by molar-refractivity contribution is 8.05. The van der Waals surface area contributed by atoms with E-state index in [2.05, 4.69) is 49.2 Å². The number of benzene rings is 1. The van der Waals surface area contributed by atoms with Crippen molar-refractivity contribution in [3.05, 3.63) is 76.1 Å². The molecule has 0 saturated carbocycles. The summed E-state index contributed by atoms with van der Waals surface area (Å²) < 4.78 is 13.4. The maximum absolute atomic E-state index is 13.4. The second kappa shape index (κ2) is 10.4. The SMILES string of the molecule is C=CS/C=C(\CC)c1nc(/C(C)=C/C=C(\C)SC)c(-c2ccc(F)cc2)[nH]1. The molecule has 2 nitrogen and oxygen atoms in total. The number of thioether (sulfide) groups is 2. The molecule has 1 N–H and O–H groups in total. The summed E-state index contributed by atoms with van der Waals surface area (Å²) in [5.41, 5.74) is 4.85. The quantitative estimate of drug-likeness (QED) is 0.465. The second-order valence-corrected chi connectivity index (χ2v) is 7.84. The molecule has 1 aromatic carbocycles. The number of hydrogen-bond acceptors (Lipinski definition) is 3. The Bertz CT molecular complexity index is 874. The molecule has 5 heteroatoms. The van der Waals surface area contributed by atoms with Crippen LogP contribution in [0.1, 0.15) is 38.7 Å². The van der Waals surface area contributed by atoms with Crippen molar-refractivity contribution in [2.75, 3.05) is 6.26 Å². The molecule has 1 heterocycles. The molecular formula is C22H25FN2S2. The number of H-pyrrole nitrogens is 1. The molecule has 0 unspecified atom stereocenters. The summed E-state index contributed by atoms with van der Waals surface area (Å²) in [6.07, 6.45) is 7.08. The average Bonchev–Trinajstić information content (AvgIpc) is 3.12. The molecule has 0 saturated heterocycles. The van der Waals surface area contributed by atoms with Gasteiger partial charge in [-0.3, -0.25) is 0 Å². The summed E-state index contributed by atoms with van der Waals surface area (Å²) in [7, 11) is 0. The largest absolute Gasteiger partial charge is 0.338 e. The molecule has 0 spiro atoms. The zero-order chi connectivity index (χ0) is 19.8. The molecule has 0 aliphatic rings. The van der Waals surface area contributed by atoms with Crippen LogP contribution in [0.4, 0.5) is 4.39 Å². The van der Waals surface area contributed by atoms with Crippen molar-refractivity contribution in [1.29, 1.82) is 0 Å². The minimum absolute atomic E-state index is 0.248. The first-order valence-corrected chi connectivity index (χ1v) is 10.9. The predicted octanol–water partition coefficient (Wildman–Crippen LogP) is 7.51. The number of hydrogen-bond donors (Lipinski definition) is 1. The number of allylic oxidation sites excluding steroid dienone is 5. The van der Waals surface area contributed by atoms with Crippen LogP contribution in [0.3, 0.4) is 0 Å². The predicted molar refractivity (Wildman–Crippen MR) is 121 cm³/mol. The molecule has 0 fully saturated rings. The van der Waals surface area contributed by atoms with Crippen LogP contribution in [0.25, 0.3) is 22.4 Å². The van der Waals surface area contributed by atoms with Crippen LogP contribution < -0.4 is 0 Å². The fourth-order valence-corrected chi connectivity index (χ4v) is 3.21. The average molecular weight is 401 g/mol. The van der Waals surface area contributed by atoms with Crippen LogP contribution in [0.2, 0.25) is 0 Å². The number of rotatable bonds is 8. The minimum atomic E-state index is -0.248. The van der Waals surface area contributed by atoms with Gasteiger partial charge in [-0.05, 0) is 72.1 Å². The number of nitrogens with one attached hydrogen (secondary N) is 1. The van der Waals surface area contributed by atoms with Gasteiger partial charge in [-0.1, -0.05) is 25.7 Å². The molecule has 27 heavy (non-hydrogen) atoms. The Hall–Kier alpha value is -1.98. The summed E-state index contributed by atoms with van der Waals surface area (Å²) in [4.78, 5) is 9.54. The molecule has 2 rings (SSSR count). The molecule has 0 aliphatic carbocycles. The van der Waals surface area contributed by atoms with Crippen molar-refractivity contribution in [2.24, 2.45) is 0 Å². The lowest BCUT2D eigenvalue weighted by molar-refractivity contribution is 0.628. The van der Waals surface area contributed by atoms with E-state index in [1.54, 1.807) is 29.3 Å². The van der Waals surface area contributed by atoms with E-state index < -0.39 is 0 Å². The highest BCUT2D eigenvalue weighted by Crippen LogP contribution is 2.31. The third-order valence-corrected chi connectivity index (χ3v) is 5.48. The highest BCUT2D eigenvalue weighted by Gasteiger charge is 2.15. The van der Waals surface area contributed by atoms with Crippen LogP contribution in [0.5, 0.6) is 0 Å². The van der Waals surface area contributed by atoms with Gasteiger partial charge in [0.25, 0.3) is 0 Å². The van der Waals surface area contributed by atoms with E-state index in [4.69, 9.17) is 4.98 Å². The standard InChI is InChI=1S/C22H25FN2S2/c1-6-17(14-27-7-2)22-24-20(15(3)8-9-16(4)26-5)21(25-22)18-10-12-19(23)13-11-18/h7-14H,2,6H2,1,3-5H3,(H,24,25)/b15-8+,16-9+,17-14+. The summed E-state index contributed by atoms with van der Waals surface area (Å²) in [5.74, 6) is 0.585. The van der Waals surface area contributed by atoms with Crippen LogP contribution in [-0.4, -0.2) is 16.2 Å². The Kier molecular flexibility index (Phi) is 8.20. The molecule has 0 radical (unpaired) electrons. The van der Waals surface area contributed by atoms with Gasteiger partial charge in [-0.15, -0.1) is 23.5 Å². The van der Waals surface area contributed by atoms with Crippen molar-refractivity contribution in [1.82, 2.24) is 9.97 Å². The summed E-state index contributed by atoms with van der Waals surface area (Å²) >= 11 is 3.25. The molecule has 0 amide bonds. The van der Waals surface area contributed by atoms with Gasteiger partial charge in [0.15, 0.2) is 0 Å². The Morgan fingerprint density at radius 3 is 2.52 bits per heavy atom. The zero-order valence-electron chi connectivity index (χ0n) is 16.2. The van der Waals surface area contributed by atoms with E-state index >= 15 is 0 Å². The molecule has 1 aromatic heterocycles. The molecule has 0 bridgehead atoms. The van der Waals surface area contributed by atoms with E-state index in [9.17, 15) is 4.39 Å². The summed E-state index contributed by atoms with van der Waals surface area (Å²) in [6, 6.07) is 6.50.